The first kappa shape index (κ1) is 13.3. The topological polar surface area (TPSA) is 67.7 Å². The Bertz CT molecular complexity index is 754. The minimum Gasteiger partial charge on any atom is -0.368 e. The van der Waals surface area contributed by atoms with Gasteiger partial charge in [0.2, 0.25) is 11.9 Å². The molecular weight excluding hydrogens is 271 g/mol. The van der Waals surface area contributed by atoms with Gasteiger partial charge in [0.1, 0.15) is 11.3 Å². The summed E-state index contributed by atoms with van der Waals surface area (Å²) in [5.74, 6) is 0.800. The van der Waals surface area contributed by atoms with Gasteiger partial charge in [0, 0.05) is 26.3 Å². The van der Waals surface area contributed by atoms with Crippen molar-refractivity contribution >= 4 is 22.8 Å². The summed E-state index contributed by atoms with van der Waals surface area (Å²) in [6.45, 7) is 1.25. The second-order valence-corrected chi connectivity index (χ2v) is 4.56. The molecule has 3 heterocycles. The molecular formula is C14H15FN6. The van der Waals surface area contributed by atoms with Crippen LogP contribution >= 0.6 is 0 Å². The summed E-state index contributed by atoms with van der Waals surface area (Å²) in [5.41, 5.74) is 1.87. The van der Waals surface area contributed by atoms with Gasteiger partial charge in [-0.25, -0.2) is 9.97 Å². The van der Waals surface area contributed by atoms with Gasteiger partial charge in [0.15, 0.2) is 0 Å². The molecule has 0 unspecified atom stereocenters. The third kappa shape index (κ3) is 2.91. The lowest BCUT2D eigenvalue weighted by Crippen LogP contribution is -2.16. The molecule has 6 nitrogen and oxygen atoms in total. The molecule has 3 aromatic heterocycles. The van der Waals surface area contributed by atoms with Crippen molar-refractivity contribution in [2.45, 2.75) is 0 Å². The molecule has 0 amide bonds. The maximum absolute atomic E-state index is 12.9. The number of fused-ring (bicyclic) bond motifs is 1. The average molecular weight is 286 g/mol. The van der Waals surface area contributed by atoms with E-state index >= 15 is 0 Å². The molecule has 0 aromatic carbocycles. The van der Waals surface area contributed by atoms with Crippen LogP contribution in [-0.4, -0.2) is 32.6 Å². The molecule has 3 rings (SSSR count). The van der Waals surface area contributed by atoms with E-state index in [-0.39, 0.29) is 0 Å². The fourth-order valence-electron chi connectivity index (χ4n) is 2.08. The van der Waals surface area contributed by atoms with Crippen molar-refractivity contribution in [1.82, 2.24) is 19.5 Å². The SMILES string of the molecule is Cn1c(NCCNc2cccc(F)n2)nc2cnccc21. The van der Waals surface area contributed by atoms with Gasteiger partial charge < -0.3 is 15.2 Å². The fraction of sp³-hybridized carbons (Fsp3) is 0.214. The van der Waals surface area contributed by atoms with E-state index in [9.17, 15) is 4.39 Å². The normalized spacial score (nSPS) is 10.8. The smallest absolute Gasteiger partial charge is 0.214 e. The summed E-state index contributed by atoms with van der Waals surface area (Å²) in [6.07, 6.45) is 3.47. The van der Waals surface area contributed by atoms with Gasteiger partial charge in [0.05, 0.1) is 11.7 Å². The molecule has 21 heavy (non-hydrogen) atoms. The lowest BCUT2D eigenvalue weighted by molar-refractivity contribution is 0.585. The summed E-state index contributed by atoms with van der Waals surface area (Å²) in [6, 6.07) is 6.58. The first-order valence-corrected chi connectivity index (χ1v) is 6.61. The standard InChI is InChI=1S/C14H15FN6/c1-21-11-5-6-16-9-10(11)19-14(21)18-8-7-17-13-4-2-3-12(15)20-13/h2-6,9H,7-8H2,1H3,(H,17,20)(H,18,19). The Balaban J connectivity index is 1.58. The molecule has 0 saturated heterocycles. The number of pyridine rings is 2. The molecule has 0 aliphatic carbocycles. The Morgan fingerprint density at radius 2 is 2.00 bits per heavy atom. The van der Waals surface area contributed by atoms with Gasteiger partial charge in [-0.1, -0.05) is 6.07 Å². The second-order valence-electron chi connectivity index (χ2n) is 4.56. The predicted octanol–water partition coefficient (Wildman–Crippen LogP) is 2.03. The van der Waals surface area contributed by atoms with E-state index in [0.29, 0.717) is 18.9 Å². The summed E-state index contributed by atoms with van der Waals surface area (Å²) in [5, 5.41) is 6.27. The molecule has 0 radical (unpaired) electrons. The van der Waals surface area contributed by atoms with E-state index in [1.807, 2.05) is 17.7 Å². The number of hydrogen-bond acceptors (Lipinski definition) is 5. The van der Waals surface area contributed by atoms with Crippen molar-refractivity contribution in [3.05, 3.63) is 42.6 Å². The molecule has 0 spiro atoms. The van der Waals surface area contributed by atoms with Crippen LogP contribution in [0.1, 0.15) is 0 Å². The first-order valence-electron chi connectivity index (χ1n) is 6.61. The zero-order valence-corrected chi connectivity index (χ0v) is 11.5. The number of hydrogen-bond donors (Lipinski definition) is 2. The highest BCUT2D eigenvalue weighted by Crippen LogP contribution is 2.16. The van der Waals surface area contributed by atoms with Crippen molar-refractivity contribution < 1.29 is 4.39 Å². The van der Waals surface area contributed by atoms with Gasteiger partial charge in [-0.2, -0.15) is 4.39 Å². The molecule has 108 valence electrons. The van der Waals surface area contributed by atoms with Gasteiger partial charge in [-0.15, -0.1) is 0 Å². The third-order valence-corrected chi connectivity index (χ3v) is 3.11. The number of anilines is 2. The molecule has 3 aromatic rings. The predicted molar refractivity (Wildman–Crippen MR) is 79.7 cm³/mol. The van der Waals surface area contributed by atoms with Crippen molar-refractivity contribution in [2.75, 3.05) is 23.7 Å². The Hall–Kier alpha value is -2.70. The minimum atomic E-state index is -0.490. The molecule has 0 atom stereocenters. The van der Waals surface area contributed by atoms with Crippen molar-refractivity contribution in [3.63, 3.8) is 0 Å². The second kappa shape index (κ2) is 5.74. The van der Waals surface area contributed by atoms with Crippen LogP contribution < -0.4 is 10.6 Å². The molecule has 0 saturated carbocycles. The van der Waals surface area contributed by atoms with E-state index in [2.05, 4.69) is 25.6 Å². The van der Waals surface area contributed by atoms with E-state index in [4.69, 9.17) is 0 Å². The molecule has 0 bridgehead atoms. The lowest BCUT2D eigenvalue weighted by atomic mass is 10.4. The Kier molecular flexibility index (Phi) is 3.63. The highest BCUT2D eigenvalue weighted by atomic mass is 19.1. The van der Waals surface area contributed by atoms with E-state index in [1.54, 1.807) is 24.5 Å². The zero-order valence-electron chi connectivity index (χ0n) is 11.5. The summed E-state index contributed by atoms with van der Waals surface area (Å²) in [4.78, 5) is 12.2. The maximum Gasteiger partial charge on any atom is 0.214 e. The zero-order chi connectivity index (χ0) is 14.7. The molecule has 0 fully saturated rings. The number of halogens is 1. The highest BCUT2D eigenvalue weighted by Gasteiger charge is 2.06. The quantitative estimate of drug-likeness (QED) is 0.555. The fourth-order valence-corrected chi connectivity index (χ4v) is 2.08. The number of nitrogens with zero attached hydrogens (tertiary/aromatic N) is 4. The largest absolute Gasteiger partial charge is 0.368 e. The third-order valence-electron chi connectivity index (χ3n) is 3.11. The van der Waals surface area contributed by atoms with Crippen LogP contribution in [0, 0.1) is 5.95 Å². The number of imidazole rings is 1. The van der Waals surface area contributed by atoms with Crippen molar-refractivity contribution in [1.29, 1.82) is 0 Å². The lowest BCUT2D eigenvalue weighted by Gasteiger charge is -2.08. The molecule has 0 aliphatic rings. The van der Waals surface area contributed by atoms with Crippen LogP contribution in [0.4, 0.5) is 16.2 Å². The number of nitrogens with one attached hydrogen (secondary N) is 2. The van der Waals surface area contributed by atoms with Crippen LogP contribution in [0.2, 0.25) is 0 Å². The molecule has 2 N–H and O–H groups in total. The Morgan fingerprint density at radius 1 is 1.14 bits per heavy atom. The van der Waals surface area contributed by atoms with E-state index in [0.717, 1.165) is 17.0 Å². The first-order chi connectivity index (χ1) is 10.2. The van der Waals surface area contributed by atoms with Crippen molar-refractivity contribution in [3.8, 4) is 0 Å². The van der Waals surface area contributed by atoms with Gasteiger partial charge in [0.25, 0.3) is 0 Å². The Morgan fingerprint density at radius 3 is 2.81 bits per heavy atom. The maximum atomic E-state index is 12.9. The highest BCUT2D eigenvalue weighted by molar-refractivity contribution is 5.77. The van der Waals surface area contributed by atoms with Crippen molar-refractivity contribution in [2.24, 2.45) is 7.05 Å². The van der Waals surface area contributed by atoms with E-state index < -0.39 is 5.95 Å². The van der Waals surface area contributed by atoms with E-state index in [1.165, 1.54) is 6.07 Å². The number of rotatable bonds is 5. The summed E-state index contributed by atoms with van der Waals surface area (Å²) < 4.78 is 14.9. The van der Waals surface area contributed by atoms with Gasteiger partial charge in [-0.05, 0) is 18.2 Å². The average Bonchev–Trinajstić information content (AvgIpc) is 2.81. The van der Waals surface area contributed by atoms with Crippen LogP contribution in [0.5, 0.6) is 0 Å². The number of aryl methyl sites for hydroxylation is 1. The Labute approximate surface area is 121 Å². The van der Waals surface area contributed by atoms with Crippen LogP contribution in [0.15, 0.2) is 36.7 Å². The van der Waals surface area contributed by atoms with Crippen LogP contribution in [-0.2, 0) is 7.05 Å². The van der Waals surface area contributed by atoms with Crippen LogP contribution in [0.3, 0.4) is 0 Å². The van der Waals surface area contributed by atoms with Crippen LogP contribution in [0.25, 0.3) is 11.0 Å². The summed E-state index contributed by atoms with van der Waals surface area (Å²) in [7, 11) is 1.94. The molecule has 0 aliphatic heterocycles. The minimum absolute atomic E-state index is 0.490. The van der Waals surface area contributed by atoms with Gasteiger partial charge in [-0.3, -0.25) is 4.98 Å². The monoisotopic (exact) mass is 286 g/mol. The van der Waals surface area contributed by atoms with Gasteiger partial charge >= 0.3 is 0 Å². The molecule has 7 heteroatoms. The number of aromatic nitrogens is 4. The summed E-state index contributed by atoms with van der Waals surface area (Å²) >= 11 is 0.